The number of hydrogen-bond donors (Lipinski definition) is 1. The second-order valence-electron chi connectivity index (χ2n) is 9.64. The summed E-state index contributed by atoms with van der Waals surface area (Å²) in [4.78, 5) is 26.2. The topological polar surface area (TPSA) is 55.4 Å². The highest BCUT2D eigenvalue weighted by atomic mass is 79.9. The smallest absolute Gasteiger partial charge is 0.161 e. The summed E-state index contributed by atoms with van der Waals surface area (Å²) in [5.41, 5.74) is 5.55. The average molecular weight is 607 g/mol. The van der Waals surface area contributed by atoms with Gasteiger partial charge in [0.1, 0.15) is 12.4 Å². The van der Waals surface area contributed by atoms with Crippen molar-refractivity contribution in [1.29, 1.82) is 0 Å². The molecule has 0 saturated carbocycles. The van der Waals surface area contributed by atoms with E-state index >= 15 is 0 Å². The van der Waals surface area contributed by atoms with E-state index in [0.29, 0.717) is 25.2 Å². The number of fused-ring (bicyclic) bond motifs is 1. The fourth-order valence-electron chi connectivity index (χ4n) is 5.77. The molecule has 6 heteroatoms. The molecule has 6 rings (SSSR count). The first-order valence-electron chi connectivity index (χ1n) is 12.4. The molecule has 0 fully saturated rings. The Morgan fingerprint density at radius 3 is 2.08 bits per heavy atom. The normalized spacial score (nSPS) is 18.3. The molecule has 0 amide bonds. The zero-order valence-electron chi connectivity index (χ0n) is 19.7. The van der Waals surface area contributed by atoms with Gasteiger partial charge in [-0.1, -0.05) is 42.5 Å². The standard InChI is InChI=1S/C30H25Br2NO3/c31-21-14-19(15-22(32)30(21)36-16-18-8-3-7-17-6-1-2-9-20(17)18)27-28-23(10-4-12-25(28)34)33-24-11-5-13-26(35)29(24)27/h1-3,6-9,14-15,27,33H,4-5,10-13,16H2. The second-order valence-corrected chi connectivity index (χ2v) is 11.3. The lowest BCUT2D eigenvalue weighted by molar-refractivity contribution is -0.116. The number of hydrogen-bond acceptors (Lipinski definition) is 4. The van der Waals surface area contributed by atoms with Gasteiger partial charge < -0.3 is 10.1 Å². The van der Waals surface area contributed by atoms with Crippen molar-refractivity contribution in [2.75, 3.05) is 0 Å². The summed E-state index contributed by atoms with van der Waals surface area (Å²) in [7, 11) is 0. The van der Waals surface area contributed by atoms with E-state index < -0.39 is 0 Å². The van der Waals surface area contributed by atoms with Gasteiger partial charge >= 0.3 is 0 Å². The van der Waals surface area contributed by atoms with E-state index in [-0.39, 0.29) is 17.5 Å². The Morgan fingerprint density at radius 1 is 0.806 bits per heavy atom. The number of carbonyl (C=O) groups excluding carboxylic acids is 2. The van der Waals surface area contributed by atoms with Gasteiger partial charge in [0.2, 0.25) is 0 Å². The van der Waals surface area contributed by atoms with E-state index in [9.17, 15) is 9.59 Å². The van der Waals surface area contributed by atoms with Gasteiger partial charge in [-0.25, -0.2) is 0 Å². The molecular formula is C30H25Br2NO3. The van der Waals surface area contributed by atoms with Crippen LogP contribution in [0.1, 0.15) is 55.6 Å². The van der Waals surface area contributed by atoms with Crippen LogP contribution in [0.15, 0.2) is 86.1 Å². The quantitative estimate of drug-likeness (QED) is 0.331. The third kappa shape index (κ3) is 4.14. The zero-order chi connectivity index (χ0) is 24.8. The lowest BCUT2D eigenvalue weighted by Crippen LogP contribution is -2.36. The van der Waals surface area contributed by atoms with Crippen molar-refractivity contribution in [1.82, 2.24) is 5.32 Å². The van der Waals surface area contributed by atoms with Crippen molar-refractivity contribution < 1.29 is 14.3 Å². The van der Waals surface area contributed by atoms with Crippen molar-refractivity contribution in [3.8, 4) is 5.75 Å². The molecule has 36 heavy (non-hydrogen) atoms. The number of halogens is 2. The first-order valence-corrected chi connectivity index (χ1v) is 14.0. The number of rotatable bonds is 4. The summed E-state index contributed by atoms with van der Waals surface area (Å²) >= 11 is 7.44. The average Bonchev–Trinajstić information content (AvgIpc) is 2.87. The number of Topliss-reactive ketones (excluding diaryl/α,β-unsaturated/α-hetero) is 2. The van der Waals surface area contributed by atoms with E-state index in [1.54, 1.807) is 0 Å². The van der Waals surface area contributed by atoms with E-state index in [1.165, 1.54) is 10.8 Å². The molecule has 0 spiro atoms. The van der Waals surface area contributed by atoms with Crippen molar-refractivity contribution in [3.63, 3.8) is 0 Å². The minimum absolute atomic E-state index is 0.141. The molecule has 3 aromatic rings. The molecule has 0 bridgehead atoms. The van der Waals surface area contributed by atoms with Crippen LogP contribution < -0.4 is 10.1 Å². The molecule has 2 aliphatic carbocycles. The lowest BCUT2D eigenvalue weighted by Gasteiger charge is -2.37. The molecule has 1 aliphatic heterocycles. The molecule has 0 saturated heterocycles. The number of carbonyl (C=O) groups is 2. The van der Waals surface area contributed by atoms with Gasteiger partial charge in [0.15, 0.2) is 11.6 Å². The summed E-state index contributed by atoms with van der Waals surface area (Å²) in [5.74, 6) is 0.648. The number of ether oxygens (including phenoxy) is 1. The van der Waals surface area contributed by atoms with Crippen LogP contribution >= 0.6 is 31.9 Å². The minimum Gasteiger partial charge on any atom is -0.487 e. The Hall–Kier alpha value is -2.70. The van der Waals surface area contributed by atoms with E-state index in [0.717, 1.165) is 68.3 Å². The van der Waals surface area contributed by atoms with Gasteiger partial charge in [-0.05, 0) is 91.6 Å². The molecule has 3 aromatic carbocycles. The molecular weight excluding hydrogens is 582 g/mol. The van der Waals surface area contributed by atoms with Gasteiger partial charge in [-0.2, -0.15) is 0 Å². The summed E-state index contributed by atoms with van der Waals surface area (Å²) in [6.07, 6.45) is 4.45. The molecule has 182 valence electrons. The first kappa shape index (κ1) is 23.7. The third-order valence-electron chi connectivity index (χ3n) is 7.40. The predicted molar refractivity (Wildman–Crippen MR) is 148 cm³/mol. The second kappa shape index (κ2) is 9.64. The van der Waals surface area contributed by atoms with Crippen molar-refractivity contribution in [2.24, 2.45) is 0 Å². The Bertz CT molecular complexity index is 1420. The van der Waals surface area contributed by atoms with Crippen LogP contribution in [0.25, 0.3) is 10.8 Å². The number of benzene rings is 3. The summed E-state index contributed by atoms with van der Waals surface area (Å²) in [6, 6.07) is 18.5. The van der Waals surface area contributed by atoms with Crippen LogP contribution in [-0.4, -0.2) is 11.6 Å². The maximum atomic E-state index is 13.1. The number of allylic oxidation sites excluding steroid dienone is 4. The minimum atomic E-state index is -0.337. The van der Waals surface area contributed by atoms with Crippen LogP contribution in [0.2, 0.25) is 0 Å². The molecule has 0 aromatic heterocycles. The SMILES string of the molecule is O=C1CCCC2=C1C(c1cc(Br)c(OCc3cccc4ccccc34)c(Br)c1)C1=C(CCCC1=O)N2. The van der Waals surface area contributed by atoms with Gasteiger partial charge in [0.05, 0.1) is 8.95 Å². The highest BCUT2D eigenvalue weighted by molar-refractivity contribution is 9.11. The largest absolute Gasteiger partial charge is 0.487 e. The Labute approximate surface area is 227 Å². The molecule has 3 aliphatic rings. The van der Waals surface area contributed by atoms with Crippen LogP contribution in [-0.2, 0) is 16.2 Å². The number of dihydropyridines is 1. The predicted octanol–water partition coefficient (Wildman–Crippen LogP) is 7.64. The summed E-state index contributed by atoms with van der Waals surface area (Å²) in [6.45, 7) is 0.423. The fraction of sp³-hybridized carbons (Fsp3) is 0.267. The number of ketones is 2. The first-order chi connectivity index (χ1) is 17.5. The van der Waals surface area contributed by atoms with Gasteiger partial charge in [0.25, 0.3) is 0 Å². The molecule has 1 heterocycles. The lowest BCUT2D eigenvalue weighted by atomic mass is 9.71. The van der Waals surface area contributed by atoms with Crippen LogP contribution in [0.4, 0.5) is 0 Å². The Morgan fingerprint density at radius 2 is 1.42 bits per heavy atom. The monoisotopic (exact) mass is 605 g/mol. The van der Waals surface area contributed by atoms with Crippen LogP contribution in [0.5, 0.6) is 5.75 Å². The van der Waals surface area contributed by atoms with Gasteiger partial charge in [-0.3, -0.25) is 9.59 Å². The molecule has 0 radical (unpaired) electrons. The summed E-state index contributed by atoms with van der Waals surface area (Å²) in [5, 5.41) is 5.83. The number of nitrogens with one attached hydrogen (secondary N) is 1. The maximum Gasteiger partial charge on any atom is 0.161 e. The van der Waals surface area contributed by atoms with E-state index in [4.69, 9.17) is 4.74 Å². The van der Waals surface area contributed by atoms with Crippen LogP contribution in [0.3, 0.4) is 0 Å². The summed E-state index contributed by atoms with van der Waals surface area (Å²) < 4.78 is 7.88. The van der Waals surface area contributed by atoms with E-state index in [1.807, 2.05) is 30.3 Å². The van der Waals surface area contributed by atoms with Crippen molar-refractivity contribution in [3.05, 3.63) is 97.2 Å². The highest BCUT2D eigenvalue weighted by Crippen LogP contribution is 2.47. The molecule has 1 N–H and O–H groups in total. The Balaban J connectivity index is 1.37. The molecule has 0 unspecified atom stereocenters. The van der Waals surface area contributed by atoms with Gasteiger partial charge in [-0.15, -0.1) is 0 Å². The molecule has 4 nitrogen and oxygen atoms in total. The molecule has 0 atom stereocenters. The maximum absolute atomic E-state index is 13.1. The Kier molecular flexibility index (Phi) is 6.34. The van der Waals surface area contributed by atoms with Crippen LogP contribution in [0, 0.1) is 0 Å². The zero-order valence-corrected chi connectivity index (χ0v) is 22.9. The fourth-order valence-corrected chi connectivity index (χ4v) is 7.22. The highest BCUT2D eigenvalue weighted by Gasteiger charge is 2.40. The van der Waals surface area contributed by atoms with Gasteiger partial charge in [0, 0.05) is 41.3 Å². The van der Waals surface area contributed by atoms with E-state index in [2.05, 4.69) is 61.4 Å². The third-order valence-corrected chi connectivity index (χ3v) is 8.58. The van der Waals surface area contributed by atoms with Crippen molar-refractivity contribution in [2.45, 2.75) is 51.0 Å². The van der Waals surface area contributed by atoms with Crippen molar-refractivity contribution >= 4 is 54.2 Å².